The van der Waals surface area contributed by atoms with Crippen LogP contribution in [0.15, 0.2) is 50.7 Å². The monoisotopic (exact) mass is 473 g/mol. The molecule has 1 aliphatic heterocycles. The lowest BCUT2D eigenvalue weighted by atomic mass is 10.1. The fourth-order valence-corrected chi connectivity index (χ4v) is 3.68. The van der Waals surface area contributed by atoms with E-state index in [1.807, 2.05) is 0 Å². The van der Waals surface area contributed by atoms with Crippen molar-refractivity contribution >= 4 is 49.5 Å². The van der Waals surface area contributed by atoms with Crippen molar-refractivity contribution < 1.29 is 23.5 Å². The second-order valence-electron chi connectivity index (χ2n) is 4.94. The van der Waals surface area contributed by atoms with E-state index in [0.717, 1.165) is 0 Å². The van der Waals surface area contributed by atoms with Gasteiger partial charge in [0.15, 0.2) is 0 Å². The number of esters is 2. The van der Waals surface area contributed by atoms with E-state index in [4.69, 9.17) is 9.47 Å². The molecule has 132 valence electrons. The molecule has 0 unspecified atom stereocenters. The molecule has 0 N–H and O–H groups in total. The van der Waals surface area contributed by atoms with Gasteiger partial charge in [-0.05, 0) is 57.0 Å². The first-order valence-electron chi connectivity index (χ1n) is 7.02. The van der Waals surface area contributed by atoms with Gasteiger partial charge in [-0.15, -0.1) is 0 Å². The van der Waals surface area contributed by atoms with E-state index >= 15 is 0 Å². The standard InChI is InChI=1S/C17H14Br2FNO4/c1-9-12(20)8-11(18)15(13(9)19)21-7-5-4-6-10(16(22)24-2)14(21)17(23)25-3/h4-8H,1-3H3. The van der Waals surface area contributed by atoms with Crippen LogP contribution >= 0.6 is 31.9 Å². The van der Waals surface area contributed by atoms with Gasteiger partial charge in [0.05, 0.1) is 25.5 Å². The van der Waals surface area contributed by atoms with Gasteiger partial charge in [0, 0.05) is 20.7 Å². The van der Waals surface area contributed by atoms with Crippen molar-refractivity contribution in [2.24, 2.45) is 0 Å². The molecule has 5 nitrogen and oxygen atoms in total. The third-order valence-electron chi connectivity index (χ3n) is 3.51. The predicted molar refractivity (Wildman–Crippen MR) is 98.4 cm³/mol. The first kappa shape index (κ1) is 19.4. The Bertz CT molecular complexity index is 830. The molecule has 0 saturated carbocycles. The number of allylic oxidation sites excluding steroid dienone is 2. The van der Waals surface area contributed by atoms with E-state index in [0.29, 0.717) is 20.2 Å². The Labute approximate surface area is 161 Å². The van der Waals surface area contributed by atoms with E-state index in [1.165, 1.54) is 31.3 Å². The summed E-state index contributed by atoms with van der Waals surface area (Å²) >= 11 is 6.67. The predicted octanol–water partition coefficient (Wildman–Crippen LogP) is 4.15. The average Bonchev–Trinajstić information content (AvgIpc) is 2.81. The topological polar surface area (TPSA) is 55.8 Å². The fraction of sp³-hybridized carbons (Fsp3) is 0.176. The molecule has 0 atom stereocenters. The fourth-order valence-electron chi connectivity index (χ4n) is 2.23. The minimum absolute atomic E-state index is 0.0140. The highest BCUT2D eigenvalue weighted by molar-refractivity contribution is 9.11. The highest BCUT2D eigenvalue weighted by atomic mass is 79.9. The van der Waals surface area contributed by atoms with E-state index in [2.05, 4.69) is 31.9 Å². The maximum atomic E-state index is 14.0. The minimum Gasteiger partial charge on any atom is -0.465 e. The van der Waals surface area contributed by atoms with E-state index in [-0.39, 0.29) is 11.3 Å². The van der Waals surface area contributed by atoms with Crippen LogP contribution in [-0.2, 0) is 19.1 Å². The molecule has 25 heavy (non-hydrogen) atoms. The molecule has 0 radical (unpaired) electrons. The Morgan fingerprint density at radius 1 is 1.12 bits per heavy atom. The van der Waals surface area contributed by atoms with E-state index in [9.17, 15) is 14.0 Å². The smallest absolute Gasteiger partial charge is 0.355 e. The third-order valence-corrected chi connectivity index (χ3v) is 5.08. The summed E-state index contributed by atoms with van der Waals surface area (Å²) in [7, 11) is 2.43. The highest BCUT2D eigenvalue weighted by Crippen LogP contribution is 2.41. The van der Waals surface area contributed by atoms with Gasteiger partial charge in [-0.3, -0.25) is 0 Å². The molecule has 0 saturated heterocycles. The third kappa shape index (κ3) is 3.69. The van der Waals surface area contributed by atoms with Gasteiger partial charge in [-0.1, -0.05) is 6.08 Å². The summed E-state index contributed by atoms with van der Waals surface area (Å²) in [6.45, 7) is 1.60. The van der Waals surface area contributed by atoms with Crippen LogP contribution in [0.4, 0.5) is 10.1 Å². The van der Waals surface area contributed by atoms with E-state index < -0.39 is 17.8 Å². The summed E-state index contributed by atoms with van der Waals surface area (Å²) < 4.78 is 24.4. The van der Waals surface area contributed by atoms with Crippen molar-refractivity contribution in [3.63, 3.8) is 0 Å². The lowest BCUT2D eigenvalue weighted by Crippen LogP contribution is -2.27. The molecule has 0 amide bonds. The molecule has 0 aromatic heterocycles. The van der Waals surface area contributed by atoms with Crippen molar-refractivity contribution in [1.82, 2.24) is 0 Å². The van der Waals surface area contributed by atoms with Crippen LogP contribution in [0.25, 0.3) is 0 Å². The second kappa shape index (κ2) is 7.97. The molecule has 1 aromatic rings. The normalized spacial score (nSPS) is 13.8. The van der Waals surface area contributed by atoms with Gasteiger partial charge >= 0.3 is 11.9 Å². The molecule has 0 fully saturated rings. The molecule has 0 aliphatic carbocycles. The first-order valence-corrected chi connectivity index (χ1v) is 8.61. The minimum atomic E-state index is -0.739. The summed E-state index contributed by atoms with van der Waals surface area (Å²) in [5.74, 6) is -1.86. The van der Waals surface area contributed by atoms with Crippen molar-refractivity contribution in [2.45, 2.75) is 6.92 Å². The SMILES string of the molecule is COC(=O)C1=C(C(=O)OC)N(c2c(Br)cc(F)c(C)c2Br)C=CC=C1. The summed E-state index contributed by atoms with van der Waals surface area (Å²) in [6, 6.07) is 1.29. The number of carbonyl (C=O) groups excluding carboxylic acids is 2. The Morgan fingerprint density at radius 2 is 1.76 bits per heavy atom. The van der Waals surface area contributed by atoms with Crippen LogP contribution in [0.5, 0.6) is 0 Å². The largest absolute Gasteiger partial charge is 0.465 e. The number of hydrogen-bond acceptors (Lipinski definition) is 5. The molecule has 1 heterocycles. The van der Waals surface area contributed by atoms with Gasteiger partial charge in [-0.25, -0.2) is 14.0 Å². The molecule has 8 heteroatoms. The van der Waals surface area contributed by atoms with Crippen LogP contribution in [0.2, 0.25) is 0 Å². The number of methoxy groups -OCH3 is 2. The Kier molecular flexibility index (Phi) is 6.18. The molecule has 1 aromatic carbocycles. The molecule has 2 rings (SSSR count). The zero-order chi connectivity index (χ0) is 18.7. The lowest BCUT2D eigenvalue weighted by molar-refractivity contribution is -0.139. The van der Waals surface area contributed by atoms with Gasteiger partial charge < -0.3 is 14.4 Å². The Hall–Kier alpha value is -1.93. The number of anilines is 1. The quantitative estimate of drug-likeness (QED) is 0.616. The van der Waals surface area contributed by atoms with Crippen molar-refractivity contribution in [2.75, 3.05) is 19.1 Å². The zero-order valence-electron chi connectivity index (χ0n) is 13.6. The Morgan fingerprint density at radius 3 is 2.36 bits per heavy atom. The highest BCUT2D eigenvalue weighted by Gasteiger charge is 2.30. The summed E-state index contributed by atoms with van der Waals surface area (Å²) in [5.41, 5.74) is 0.764. The Balaban J connectivity index is 2.81. The molecular formula is C17H14Br2FNO4. The second-order valence-corrected chi connectivity index (χ2v) is 6.59. The first-order chi connectivity index (χ1) is 11.8. The summed E-state index contributed by atoms with van der Waals surface area (Å²) in [6.07, 6.45) is 6.25. The maximum Gasteiger partial charge on any atom is 0.355 e. The average molecular weight is 475 g/mol. The number of benzene rings is 1. The lowest BCUT2D eigenvalue weighted by Gasteiger charge is -2.26. The summed E-state index contributed by atoms with van der Waals surface area (Å²) in [4.78, 5) is 26.0. The number of rotatable bonds is 3. The van der Waals surface area contributed by atoms with Crippen molar-refractivity contribution in [1.29, 1.82) is 0 Å². The van der Waals surface area contributed by atoms with Crippen LogP contribution in [0, 0.1) is 12.7 Å². The van der Waals surface area contributed by atoms with Gasteiger partial charge in [-0.2, -0.15) is 0 Å². The number of hydrogen-bond donors (Lipinski definition) is 0. The molecule has 1 aliphatic rings. The van der Waals surface area contributed by atoms with E-state index in [1.54, 1.807) is 25.3 Å². The van der Waals surface area contributed by atoms with Gasteiger partial charge in [0.25, 0.3) is 0 Å². The summed E-state index contributed by atoms with van der Waals surface area (Å²) in [5, 5.41) is 0. The van der Waals surface area contributed by atoms with Crippen LogP contribution in [0.1, 0.15) is 5.56 Å². The van der Waals surface area contributed by atoms with Gasteiger partial charge in [0.1, 0.15) is 11.5 Å². The number of ether oxygens (including phenoxy) is 2. The number of halogens is 3. The molecular weight excluding hydrogens is 461 g/mol. The van der Waals surface area contributed by atoms with Crippen molar-refractivity contribution in [3.8, 4) is 0 Å². The van der Waals surface area contributed by atoms with Crippen LogP contribution in [0.3, 0.4) is 0 Å². The number of carbonyl (C=O) groups is 2. The van der Waals surface area contributed by atoms with Crippen LogP contribution < -0.4 is 4.90 Å². The zero-order valence-corrected chi connectivity index (χ0v) is 16.8. The van der Waals surface area contributed by atoms with Crippen molar-refractivity contribution in [3.05, 3.63) is 62.1 Å². The molecule has 0 spiro atoms. The molecule has 0 bridgehead atoms. The van der Waals surface area contributed by atoms with Crippen LogP contribution in [-0.4, -0.2) is 26.2 Å². The maximum absolute atomic E-state index is 14.0. The van der Waals surface area contributed by atoms with Gasteiger partial charge in [0.2, 0.25) is 0 Å². The number of nitrogens with zero attached hydrogens (tertiary/aromatic N) is 1.